The van der Waals surface area contributed by atoms with E-state index in [0.717, 1.165) is 0 Å². The predicted molar refractivity (Wildman–Crippen MR) is 251 cm³/mol. The molecule has 21 rings (SSSR count). The molecule has 14 bridgehead atoms. The Labute approximate surface area is 463 Å². The number of rotatable bonds is 8. The van der Waals surface area contributed by atoms with Crippen LogP contribution < -0.4 is 10.6 Å². The standard InChI is InChI=1S/C44H74N2O34S/c1-45-44(81)46-2-9-30-16(53)23(60)37(67-9)75-31-10(3-47)69-39(25(62)18(31)55)77-33-12(5-49)71-41(27(64)20(33)57)79-35-14(7-51)73-43(29(66)22(35)59)80-36-15(8-52)72-42(28(65)21(36)58)78-34-13(6-50)70-40(26(63)19(34)56)76-32-11(4-48)68-38(74-30)24(61)17(32)54/h9-43,47-66H,2-8H2,1H3,(H2,45,46,81)/t9-,10-,11-,12-,13-,14-,15-,16-,17-,18-,19-,20-,21-,22-,23-,24-,25-,26-,27-,28-,29-,30-,31-,32-,33-,34-,35-,36-,37-,38-,39-,40-,41-,42-,43-/m1/s1. The number of nitrogens with one attached hydrogen (secondary N) is 2. The van der Waals surface area contributed by atoms with Gasteiger partial charge in [0.2, 0.25) is 0 Å². The van der Waals surface area contributed by atoms with Crippen molar-refractivity contribution in [2.24, 2.45) is 0 Å². The first-order valence-electron chi connectivity index (χ1n) is 25.9. The molecule has 0 aliphatic carbocycles. The van der Waals surface area contributed by atoms with Crippen molar-refractivity contribution in [2.45, 2.75) is 215 Å². The number of hydrogen-bond acceptors (Lipinski definition) is 35. The number of thiocarbonyl (C=S) groups is 1. The van der Waals surface area contributed by atoms with Gasteiger partial charge in [0.1, 0.15) is 171 Å². The number of ether oxygens (including phenoxy) is 14. The van der Waals surface area contributed by atoms with Crippen molar-refractivity contribution in [1.82, 2.24) is 10.6 Å². The summed E-state index contributed by atoms with van der Waals surface area (Å²) in [5.41, 5.74) is 0. The molecule has 0 radical (unpaired) electrons. The highest BCUT2D eigenvalue weighted by Gasteiger charge is 2.59. The first-order chi connectivity index (χ1) is 38.5. The van der Waals surface area contributed by atoms with Gasteiger partial charge in [-0.1, -0.05) is 0 Å². The number of hydrogen-bond donors (Lipinski definition) is 22. The lowest BCUT2D eigenvalue weighted by atomic mass is 9.95. The van der Waals surface area contributed by atoms with E-state index >= 15 is 0 Å². The van der Waals surface area contributed by atoms with Crippen molar-refractivity contribution < 1.29 is 168 Å². The average Bonchev–Trinajstić information content (AvgIpc) is 3.59. The lowest BCUT2D eigenvalue weighted by molar-refractivity contribution is -0.396. The third-order valence-electron chi connectivity index (χ3n) is 15.3. The second kappa shape index (κ2) is 28.0. The highest BCUT2D eigenvalue weighted by molar-refractivity contribution is 7.80. The van der Waals surface area contributed by atoms with Gasteiger partial charge in [-0.05, 0) is 12.2 Å². The zero-order chi connectivity index (χ0) is 59.0. The normalized spacial score (nSPS) is 53.1. The molecule has 37 heteroatoms. The summed E-state index contributed by atoms with van der Waals surface area (Å²) in [5.74, 6) is 0. The van der Waals surface area contributed by atoms with Gasteiger partial charge in [-0.25, -0.2) is 0 Å². The molecule has 21 fully saturated rings. The topological polar surface area (TPSA) is 558 Å². The zero-order valence-corrected chi connectivity index (χ0v) is 43.5. The maximum absolute atomic E-state index is 11.6. The van der Waals surface area contributed by atoms with Crippen molar-refractivity contribution in [1.29, 1.82) is 0 Å². The van der Waals surface area contributed by atoms with E-state index in [0.29, 0.717) is 0 Å². The number of aliphatic hydroxyl groups is 20. The largest absolute Gasteiger partial charge is 0.394 e. The molecule has 21 saturated heterocycles. The Morgan fingerprint density at radius 3 is 0.593 bits per heavy atom. The van der Waals surface area contributed by atoms with E-state index in [4.69, 9.17) is 78.5 Å². The fourth-order valence-electron chi connectivity index (χ4n) is 10.7. The van der Waals surface area contributed by atoms with Gasteiger partial charge in [-0.2, -0.15) is 0 Å². The minimum absolute atomic E-state index is 0.00463. The molecule has 22 N–H and O–H groups in total. The molecule has 0 amide bonds. The zero-order valence-electron chi connectivity index (χ0n) is 42.7. The fraction of sp³-hybridized carbons (Fsp3) is 0.977. The molecule has 0 aromatic rings. The minimum atomic E-state index is -2.21. The lowest BCUT2D eigenvalue weighted by Gasteiger charge is -2.50. The van der Waals surface area contributed by atoms with Crippen molar-refractivity contribution >= 4 is 17.3 Å². The average molecular weight is 1210 g/mol. The van der Waals surface area contributed by atoms with Gasteiger partial charge >= 0.3 is 0 Å². The molecule has 81 heavy (non-hydrogen) atoms. The van der Waals surface area contributed by atoms with Crippen molar-refractivity contribution in [3.63, 3.8) is 0 Å². The van der Waals surface area contributed by atoms with Gasteiger partial charge in [0, 0.05) is 13.6 Å². The van der Waals surface area contributed by atoms with E-state index in [1.54, 1.807) is 0 Å². The maximum Gasteiger partial charge on any atom is 0.187 e. The molecule has 21 aliphatic heterocycles. The lowest BCUT2D eigenvalue weighted by Crippen LogP contribution is -2.68. The van der Waals surface area contributed by atoms with Gasteiger partial charge in [0.25, 0.3) is 0 Å². The van der Waals surface area contributed by atoms with Crippen LogP contribution in [0.25, 0.3) is 0 Å². The molecule has 21 heterocycles. The van der Waals surface area contributed by atoms with Crippen molar-refractivity contribution in [2.75, 3.05) is 53.2 Å². The molecule has 0 saturated carbocycles. The predicted octanol–water partition coefficient (Wildman–Crippen LogP) is -15.1. The van der Waals surface area contributed by atoms with Gasteiger partial charge in [-0.3, -0.25) is 0 Å². The quantitative estimate of drug-likeness (QED) is 0.100. The number of aliphatic hydroxyl groups excluding tert-OH is 20. The molecule has 0 spiro atoms. The molecule has 0 aromatic heterocycles. The third kappa shape index (κ3) is 13.3. The fourth-order valence-corrected chi connectivity index (χ4v) is 10.8. The van der Waals surface area contributed by atoms with Crippen LogP contribution >= 0.6 is 12.2 Å². The second-order valence-corrected chi connectivity index (χ2v) is 20.8. The SMILES string of the molecule is CNC(=S)NC[C@H]1O[C@@H]2O[C@H]3[C@H](O)[C@@H](O)[C@@H](O[C@H]4[C@H](O)[C@@H](O)[C@@H](O[C@H]5[C@H](O)[C@@H](O)[C@@H](O[C@H]6[C@H](O)[C@@H](O)[C@@H](O[C@H]7[C@H](O)[C@@H](O)[C@@H](O[C@H]8[C@H](O)[C@@H](O)[C@@H](O[C@H]1[C@H](O)[C@H]2O)O[C@@H]8CO)O[C@@H]7CO)O[C@@H]6CO)O[C@@H]5CO)O[C@@H]4CO)O[C@@H]3CO. The first kappa shape index (κ1) is 65.3. The van der Waals surface area contributed by atoms with Crippen molar-refractivity contribution in [3.05, 3.63) is 0 Å². The van der Waals surface area contributed by atoms with E-state index in [-0.39, 0.29) is 5.11 Å². The molecule has 470 valence electrons. The molecule has 0 aromatic carbocycles. The van der Waals surface area contributed by atoms with E-state index < -0.39 is 261 Å². The van der Waals surface area contributed by atoms with E-state index in [9.17, 15) is 102 Å². The summed E-state index contributed by atoms with van der Waals surface area (Å²) in [5, 5.41) is 227. The molecular weight excluding hydrogens is 1130 g/mol. The summed E-state index contributed by atoms with van der Waals surface area (Å²) in [6, 6.07) is 0. The molecule has 35 atom stereocenters. The molecule has 36 nitrogen and oxygen atoms in total. The Kier molecular flexibility index (Phi) is 22.6. The highest BCUT2D eigenvalue weighted by Crippen LogP contribution is 2.39. The monoisotopic (exact) mass is 1210 g/mol. The summed E-state index contributed by atoms with van der Waals surface area (Å²) >= 11 is 5.18. The van der Waals surface area contributed by atoms with Gasteiger partial charge < -0.3 is 179 Å². The van der Waals surface area contributed by atoms with Crippen molar-refractivity contribution in [3.8, 4) is 0 Å². The summed E-state index contributed by atoms with van der Waals surface area (Å²) in [4.78, 5) is 0. The first-order valence-corrected chi connectivity index (χ1v) is 26.3. The smallest absolute Gasteiger partial charge is 0.187 e. The van der Waals surface area contributed by atoms with Crippen LogP contribution in [0, 0.1) is 0 Å². The summed E-state index contributed by atoms with van der Waals surface area (Å²) in [6.45, 7) is -6.66. The second-order valence-electron chi connectivity index (χ2n) is 20.4. The van der Waals surface area contributed by atoms with Crippen LogP contribution in [0.1, 0.15) is 0 Å². The summed E-state index contributed by atoms with van der Waals surface area (Å²) < 4.78 is 80.7. The summed E-state index contributed by atoms with van der Waals surface area (Å²) in [7, 11) is 1.45. The van der Waals surface area contributed by atoms with Crippen LogP contribution in [0.2, 0.25) is 0 Å². The van der Waals surface area contributed by atoms with Crippen LogP contribution in [0.4, 0.5) is 0 Å². The molecular formula is C44H74N2O34S. The minimum Gasteiger partial charge on any atom is -0.394 e. The van der Waals surface area contributed by atoms with Crippen LogP contribution in [-0.4, -0.2) is 375 Å². The van der Waals surface area contributed by atoms with E-state index in [2.05, 4.69) is 10.6 Å². The third-order valence-corrected chi connectivity index (χ3v) is 15.6. The van der Waals surface area contributed by atoms with Crippen LogP contribution in [0.15, 0.2) is 0 Å². The van der Waals surface area contributed by atoms with Crippen LogP contribution in [-0.2, 0) is 66.3 Å². The Bertz CT molecular complexity index is 1970. The Morgan fingerprint density at radius 1 is 0.272 bits per heavy atom. The van der Waals surface area contributed by atoms with Crippen LogP contribution in [0.5, 0.6) is 0 Å². The Morgan fingerprint density at radius 2 is 0.432 bits per heavy atom. The van der Waals surface area contributed by atoms with Gasteiger partial charge in [0.15, 0.2) is 49.1 Å². The Hall–Kier alpha value is -1.67. The van der Waals surface area contributed by atoms with Gasteiger partial charge in [0.05, 0.1) is 39.6 Å². The van der Waals surface area contributed by atoms with E-state index in [1.807, 2.05) is 0 Å². The molecule has 0 unspecified atom stereocenters. The van der Waals surface area contributed by atoms with Crippen LogP contribution in [0.3, 0.4) is 0 Å². The maximum atomic E-state index is 11.6. The van der Waals surface area contributed by atoms with Gasteiger partial charge in [-0.15, -0.1) is 0 Å². The highest BCUT2D eigenvalue weighted by atomic mass is 32.1. The van der Waals surface area contributed by atoms with E-state index in [1.165, 1.54) is 7.05 Å². The molecule has 21 aliphatic rings. The Balaban J connectivity index is 1.09. The summed E-state index contributed by atoms with van der Waals surface area (Å²) in [6.07, 6.45) is -69.7.